The van der Waals surface area contributed by atoms with Crippen molar-refractivity contribution < 1.29 is 19.6 Å². The van der Waals surface area contributed by atoms with Gasteiger partial charge in [0.2, 0.25) is 0 Å². The number of amides is 2. The van der Waals surface area contributed by atoms with E-state index in [9.17, 15) is 24.8 Å². The molecule has 126 valence electrons. The monoisotopic (exact) mass is 359 g/mol. The molecule has 0 unspecified atom stereocenters. The lowest BCUT2D eigenvalue weighted by molar-refractivity contribution is -0.384. The fourth-order valence-corrected chi connectivity index (χ4v) is 2.53. The van der Waals surface area contributed by atoms with Gasteiger partial charge in [-0.2, -0.15) is 0 Å². The summed E-state index contributed by atoms with van der Waals surface area (Å²) in [6.45, 7) is 0. The fourth-order valence-electron chi connectivity index (χ4n) is 2.35. The topological polar surface area (TPSA) is 122 Å². The smallest absolute Gasteiger partial charge is 0.275 e. The third kappa shape index (κ3) is 3.15. The van der Waals surface area contributed by atoms with E-state index in [1.165, 1.54) is 42.5 Å². The van der Waals surface area contributed by atoms with Crippen molar-refractivity contribution in [1.29, 1.82) is 0 Å². The molecule has 3 N–H and O–H groups in total. The first kappa shape index (κ1) is 16.5. The van der Waals surface area contributed by atoms with Gasteiger partial charge in [0, 0.05) is 17.8 Å². The van der Waals surface area contributed by atoms with Gasteiger partial charge in [-0.1, -0.05) is 23.7 Å². The van der Waals surface area contributed by atoms with Gasteiger partial charge < -0.3 is 10.4 Å². The molecule has 9 heteroatoms. The number of nitrogens with zero attached hydrogens (tertiary/aromatic N) is 1. The minimum absolute atomic E-state index is 0.0158. The largest absolute Gasteiger partial charge is 0.506 e. The maximum atomic E-state index is 12.1. The number of rotatable bonds is 4. The van der Waals surface area contributed by atoms with Crippen LogP contribution in [0.15, 0.2) is 48.2 Å². The number of hydrogen-bond donors (Lipinski definition) is 3. The molecule has 1 aliphatic rings. The van der Waals surface area contributed by atoms with E-state index in [-0.39, 0.29) is 33.3 Å². The molecule has 2 amide bonds. The van der Waals surface area contributed by atoms with E-state index in [0.717, 1.165) is 0 Å². The average Bonchev–Trinajstić information content (AvgIpc) is 2.85. The molecular weight excluding hydrogens is 350 g/mol. The molecule has 1 heterocycles. The number of halogens is 1. The van der Waals surface area contributed by atoms with Gasteiger partial charge in [0.25, 0.3) is 17.5 Å². The summed E-state index contributed by atoms with van der Waals surface area (Å²) in [4.78, 5) is 34.5. The maximum Gasteiger partial charge on any atom is 0.275 e. The number of nitrogens with one attached hydrogen (secondary N) is 2. The van der Waals surface area contributed by atoms with Crippen molar-refractivity contribution in [2.45, 2.75) is 0 Å². The average molecular weight is 360 g/mol. The lowest BCUT2D eigenvalue weighted by Crippen LogP contribution is -2.24. The fraction of sp³-hybridized carbons (Fsp3) is 0. The van der Waals surface area contributed by atoms with E-state index in [0.29, 0.717) is 5.69 Å². The highest BCUT2D eigenvalue weighted by Gasteiger charge is 2.32. The van der Waals surface area contributed by atoms with E-state index >= 15 is 0 Å². The first-order valence-corrected chi connectivity index (χ1v) is 7.35. The van der Waals surface area contributed by atoms with Crippen molar-refractivity contribution in [3.8, 4) is 5.75 Å². The number of anilines is 1. The van der Waals surface area contributed by atoms with Crippen LogP contribution in [0.2, 0.25) is 5.02 Å². The molecule has 8 nitrogen and oxygen atoms in total. The molecule has 3 rings (SSSR count). The van der Waals surface area contributed by atoms with Crippen LogP contribution in [0.5, 0.6) is 5.75 Å². The van der Waals surface area contributed by atoms with Crippen molar-refractivity contribution in [3.63, 3.8) is 0 Å². The van der Waals surface area contributed by atoms with Crippen molar-refractivity contribution in [3.05, 3.63) is 68.9 Å². The summed E-state index contributed by atoms with van der Waals surface area (Å²) >= 11 is 5.82. The Kier molecular flexibility index (Phi) is 4.12. The second kappa shape index (κ2) is 6.25. The number of nitro benzene ring substituents is 1. The molecule has 0 bridgehead atoms. The number of hydrogen-bond acceptors (Lipinski definition) is 6. The maximum absolute atomic E-state index is 12.1. The predicted molar refractivity (Wildman–Crippen MR) is 89.9 cm³/mol. The molecule has 0 saturated heterocycles. The lowest BCUT2D eigenvalue weighted by atomic mass is 10.0. The number of imide groups is 1. The van der Waals surface area contributed by atoms with Gasteiger partial charge in [-0.3, -0.25) is 25.0 Å². The van der Waals surface area contributed by atoms with Crippen LogP contribution in [-0.4, -0.2) is 21.8 Å². The summed E-state index contributed by atoms with van der Waals surface area (Å²) in [5.74, 6) is -1.47. The molecule has 0 atom stereocenters. The van der Waals surface area contributed by atoms with Gasteiger partial charge in [0.05, 0.1) is 15.5 Å². The molecule has 0 fully saturated rings. The minimum atomic E-state index is -0.671. The molecule has 0 radical (unpaired) electrons. The van der Waals surface area contributed by atoms with E-state index in [4.69, 9.17) is 11.6 Å². The number of nitro groups is 1. The quantitative estimate of drug-likeness (QED) is 0.333. The van der Waals surface area contributed by atoms with Crippen LogP contribution in [-0.2, 0) is 9.59 Å². The Morgan fingerprint density at radius 3 is 2.56 bits per heavy atom. The Hall–Kier alpha value is -3.39. The van der Waals surface area contributed by atoms with Gasteiger partial charge in [0.15, 0.2) is 0 Å². The number of carbonyl (C=O) groups is 2. The van der Waals surface area contributed by atoms with Crippen LogP contribution in [0.25, 0.3) is 5.57 Å². The normalized spacial score (nSPS) is 13.8. The predicted octanol–water partition coefficient (Wildman–Crippen LogP) is 2.43. The molecule has 0 spiro atoms. The van der Waals surface area contributed by atoms with E-state index < -0.39 is 16.7 Å². The lowest BCUT2D eigenvalue weighted by Gasteiger charge is -2.09. The second-order valence-electron chi connectivity index (χ2n) is 5.13. The van der Waals surface area contributed by atoms with Crippen LogP contribution in [0, 0.1) is 10.1 Å². The van der Waals surface area contributed by atoms with Crippen LogP contribution in [0.4, 0.5) is 11.4 Å². The van der Waals surface area contributed by atoms with Gasteiger partial charge in [-0.05, 0) is 23.8 Å². The van der Waals surface area contributed by atoms with Crippen molar-refractivity contribution in [2.24, 2.45) is 0 Å². The van der Waals surface area contributed by atoms with Crippen LogP contribution in [0.3, 0.4) is 0 Å². The van der Waals surface area contributed by atoms with Gasteiger partial charge in [0.1, 0.15) is 11.4 Å². The SMILES string of the molecule is O=C1NC(=O)C(c2cccc([N+](=O)[O-])c2)=C1Nc1ccc(O)c(Cl)c1. The summed E-state index contributed by atoms with van der Waals surface area (Å²) in [6, 6.07) is 9.58. The summed E-state index contributed by atoms with van der Waals surface area (Å²) in [7, 11) is 0. The zero-order chi connectivity index (χ0) is 18.1. The number of aromatic hydroxyl groups is 1. The Morgan fingerprint density at radius 1 is 1.12 bits per heavy atom. The third-order valence-electron chi connectivity index (χ3n) is 3.49. The molecule has 2 aromatic rings. The Labute approximate surface area is 145 Å². The van der Waals surface area contributed by atoms with E-state index in [1.54, 1.807) is 0 Å². The van der Waals surface area contributed by atoms with Crippen LogP contribution in [0.1, 0.15) is 5.56 Å². The van der Waals surface area contributed by atoms with Gasteiger partial charge in [-0.25, -0.2) is 0 Å². The summed E-state index contributed by atoms with van der Waals surface area (Å²) in [6.07, 6.45) is 0. The molecule has 25 heavy (non-hydrogen) atoms. The molecule has 1 aliphatic heterocycles. The zero-order valence-electron chi connectivity index (χ0n) is 12.4. The number of non-ortho nitro benzene ring substituents is 1. The van der Waals surface area contributed by atoms with E-state index in [1.807, 2.05) is 0 Å². The minimum Gasteiger partial charge on any atom is -0.506 e. The number of phenols is 1. The molecule has 2 aromatic carbocycles. The highest BCUT2D eigenvalue weighted by atomic mass is 35.5. The Morgan fingerprint density at radius 2 is 1.88 bits per heavy atom. The van der Waals surface area contributed by atoms with Crippen LogP contribution < -0.4 is 10.6 Å². The zero-order valence-corrected chi connectivity index (χ0v) is 13.2. The Bertz CT molecular complexity index is 955. The summed E-state index contributed by atoms with van der Waals surface area (Å²) < 4.78 is 0. The highest BCUT2D eigenvalue weighted by molar-refractivity contribution is 6.37. The molecule has 0 aromatic heterocycles. The van der Waals surface area contributed by atoms with Crippen molar-refractivity contribution in [2.75, 3.05) is 5.32 Å². The first-order valence-electron chi connectivity index (χ1n) is 6.97. The van der Waals surface area contributed by atoms with Gasteiger partial charge >= 0.3 is 0 Å². The van der Waals surface area contributed by atoms with Gasteiger partial charge in [-0.15, -0.1) is 0 Å². The molecule has 0 saturated carbocycles. The standard InChI is InChI=1S/C16H10ClN3O5/c17-11-7-9(4-5-12(11)21)18-14-13(15(22)19-16(14)23)8-2-1-3-10(6-8)20(24)25/h1-7,21H,(H2,18,19,22,23). The van der Waals surface area contributed by atoms with Crippen LogP contribution >= 0.6 is 11.6 Å². The molecular formula is C16H10ClN3O5. The molecule has 0 aliphatic carbocycles. The Balaban J connectivity index is 2.07. The third-order valence-corrected chi connectivity index (χ3v) is 3.80. The summed E-state index contributed by atoms with van der Waals surface area (Å²) in [5, 5.41) is 25.3. The first-order chi connectivity index (χ1) is 11.9. The summed E-state index contributed by atoms with van der Waals surface area (Å²) in [5.41, 5.74) is 0.310. The second-order valence-corrected chi connectivity index (χ2v) is 5.54. The van der Waals surface area contributed by atoms with Crippen molar-refractivity contribution in [1.82, 2.24) is 5.32 Å². The van der Waals surface area contributed by atoms with E-state index in [2.05, 4.69) is 10.6 Å². The van der Waals surface area contributed by atoms with Crippen molar-refractivity contribution >= 4 is 40.4 Å². The highest BCUT2D eigenvalue weighted by Crippen LogP contribution is 2.30. The number of phenolic OH excluding ortho intramolecular Hbond substituents is 1. The number of benzene rings is 2. The number of carbonyl (C=O) groups excluding carboxylic acids is 2.